The van der Waals surface area contributed by atoms with Crippen LogP contribution in [0.5, 0.6) is 0 Å². The van der Waals surface area contributed by atoms with E-state index in [4.69, 9.17) is 0 Å². The van der Waals surface area contributed by atoms with Gasteiger partial charge in [-0.2, -0.15) is 0 Å². The summed E-state index contributed by atoms with van der Waals surface area (Å²) in [4.78, 5) is 27.1. The lowest BCUT2D eigenvalue weighted by molar-refractivity contribution is -0.384. The third kappa shape index (κ3) is 5.31. The first-order chi connectivity index (χ1) is 11.4. The van der Waals surface area contributed by atoms with Gasteiger partial charge in [-0.05, 0) is 37.9 Å². The van der Waals surface area contributed by atoms with Crippen LogP contribution in [-0.2, 0) is 0 Å². The Morgan fingerprint density at radius 1 is 1.40 bits per heavy atom. The molecule has 1 aromatic carbocycles. The number of rotatable bonds is 6. The molecule has 1 aromatic rings. The van der Waals surface area contributed by atoms with Crippen LogP contribution in [0.4, 0.5) is 11.4 Å². The molecule has 1 aliphatic rings. The minimum absolute atomic E-state index is 0. The van der Waals surface area contributed by atoms with Crippen molar-refractivity contribution >= 4 is 29.7 Å². The molecule has 0 bridgehead atoms. The molecule has 25 heavy (non-hydrogen) atoms. The van der Waals surface area contributed by atoms with E-state index in [1.54, 1.807) is 24.1 Å². The topological polar surface area (TPSA) is 78.7 Å². The molecule has 1 saturated heterocycles. The van der Waals surface area contributed by atoms with Crippen molar-refractivity contribution in [1.82, 2.24) is 10.2 Å². The quantitative estimate of drug-likeness (QED) is 0.615. The number of hydrogen-bond acceptors (Lipinski definition) is 5. The summed E-state index contributed by atoms with van der Waals surface area (Å²) in [6.07, 6.45) is 2.06. The van der Waals surface area contributed by atoms with Crippen LogP contribution in [0.1, 0.15) is 30.1 Å². The molecule has 0 aliphatic carbocycles. The molecule has 1 aliphatic heterocycles. The summed E-state index contributed by atoms with van der Waals surface area (Å²) in [5.74, 6) is 0.453. The predicted octanol–water partition coefficient (Wildman–Crippen LogP) is 2.54. The number of halogens is 1. The minimum Gasteiger partial charge on any atom is -0.366 e. The second kappa shape index (κ2) is 9.58. The van der Waals surface area contributed by atoms with Gasteiger partial charge < -0.3 is 15.1 Å². The van der Waals surface area contributed by atoms with Crippen LogP contribution in [0.2, 0.25) is 0 Å². The first-order valence-corrected chi connectivity index (χ1v) is 8.37. The highest BCUT2D eigenvalue weighted by atomic mass is 35.5. The molecule has 0 aromatic heterocycles. The van der Waals surface area contributed by atoms with Crippen LogP contribution in [-0.4, -0.2) is 56.0 Å². The average Bonchev–Trinajstić information content (AvgIpc) is 2.59. The van der Waals surface area contributed by atoms with Gasteiger partial charge in [-0.25, -0.2) is 0 Å². The zero-order chi connectivity index (χ0) is 17.7. The van der Waals surface area contributed by atoms with Crippen molar-refractivity contribution < 1.29 is 9.72 Å². The number of nitro benzene ring substituents is 1. The average molecular weight is 371 g/mol. The maximum Gasteiger partial charge on any atom is 0.293 e. The molecule has 0 atom stereocenters. The fraction of sp³-hybridized carbons (Fsp3) is 0.588. The molecule has 1 N–H and O–H groups in total. The number of hydrogen-bond donors (Lipinski definition) is 1. The van der Waals surface area contributed by atoms with Gasteiger partial charge in [0.15, 0.2) is 0 Å². The molecular weight excluding hydrogens is 344 g/mol. The maximum absolute atomic E-state index is 12.4. The highest BCUT2D eigenvalue weighted by molar-refractivity contribution is 5.95. The summed E-state index contributed by atoms with van der Waals surface area (Å²) in [6, 6.07) is 4.82. The lowest BCUT2D eigenvalue weighted by atomic mass is 9.98. The summed E-state index contributed by atoms with van der Waals surface area (Å²) in [7, 11) is 3.52. The van der Waals surface area contributed by atoms with E-state index in [1.165, 1.54) is 6.07 Å². The van der Waals surface area contributed by atoms with Gasteiger partial charge in [-0.1, -0.05) is 6.92 Å². The minimum atomic E-state index is -0.391. The highest BCUT2D eigenvalue weighted by Crippen LogP contribution is 2.32. The first-order valence-electron chi connectivity index (χ1n) is 8.37. The van der Waals surface area contributed by atoms with E-state index in [0.717, 1.165) is 25.9 Å². The Morgan fingerprint density at radius 2 is 2.04 bits per heavy atom. The number of anilines is 1. The lowest BCUT2D eigenvalue weighted by Crippen LogP contribution is -2.34. The summed E-state index contributed by atoms with van der Waals surface area (Å²) in [5, 5.41) is 14.5. The van der Waals surface area contributed by atoms with Crippen molar-refractivity contribution in [3.63, 3.8) is 0 Å². The maximum atomic E-state index is 12.4. The van der Waals surface area contributed by atoms with Crippen LogP contribution in [0.15, 0.2) is 18.2 Å². The Balaban J connectivity index is 0.00000312. The van der Waals surface area contributed by atoms with E-state index in [1.807, 2.05) is 7.05 Å². The molecule has 1 amide bonds. The summed E-state index contributed by atoms with van der Waals surface area (Å²) < 4.78 is 0. The zero-order valence-electron chi connectivity index (χ0n) is 15.0. The number of benzene rings is 1. The molecule has 0 radical (unpaired) electrons. The number of nitro groups is 1. The third-order valence-corrected chi connectivity index (χ3v) is 4.59. The summed E-state index contributed by atoms with van der Waals surface area (Å²) in [5.41, 5.74) is 0.980. The normalized spacial score (nSPS) is 14.8. The molecular formula is C17H27ClN4O3. The van der Waals surface area contributed by atoms with Gasteiger partial charge in [-0.15, -0.1) is 12.4 Å². The van der Waals surface area contributed by atoms with Gasteiger partial charge in [-0.3, -0.25) is 14.9 Å². The summed E-state index contributed by atoms with van der Waals surface area (Å²) >= 11 is 0. The van der Waals surface area contributed by atoms with E-state index in [-0.39, 0.29) is 24.0 Å². The molecule has 1 fully saturated rings. The Labute approximate surface area is 154 Å². The number of piperidine rings is 1. The van der Waals surface area contributed by atoms with Gasteiger partial charge in [0, 0.05) is 44.9 Å². The second-order valence-electron chi connectivity index (χ2n) is 6.46. The van der Waals surface area contributed by atoms with E-state index in [2.05, 4.69) is 17.1 Å². The number of amides is 1. The van der Waals surface area contributed by atoms with Gasteiger partial charge in [0.25, 0.3) is 11.6 Å². The largest absolute Gasteiger partial charge is 0.366 e. The van der Waals surface area contributed by atoms with Crippen molar-refractivity contribution in [2.24, 2.45) is 5.92 Å². The standard InChI is InChI=1S/C17H26N4O3.ClH/c1-13-6-9-20(10-7-13)15-5-4-14(12-16(15)21(23)24)17(22)19(3)11-8-18-2;/h4-5,12-13,18H,6-11H2,1-3H3;1H. The number of carbonyl (C=O) groups is 1. The Bertz CT molecular complexity index is 604. The van der Waals surface area contributed by atoms with E-state index in [0.29, 0.717) is 30.3 Å². The van der Waals surface area contributed by atoms with Crippen molar-refractivity contribution in [1.29, 1.82) is 0 Å². The molecule has 0 saturated carbocycles. The van der Waals surface area contributed by atoms with Crippen molar-refractivity contribution in [2.75, 3.05) is 45.2 Å². The number of nitrogens with one attached hydrogen (secondary N) is 1. The smallest absolute Gasteiger partial charge is 0.293 e. The molecule has 0 unspecified atom stereocenters. The monoisotopic (exact) mass is 370 g/mol. The zero-order valence-corrected chi connectivity index (χ0v) is 15.8. The van der Waals surface area contributed by atoms with Crippen LogP contribution < -0.4 is 10.2 Å². The Hall–Kier alpha value is -1.86. The van der Waals surface area contributed by atoms with Gasteiger partial charge in [0.2, 0.25) is 0 Å². The Kier molecular flexibility index (Phi) is 8.12. The molecule has 2 rings (SSSR count). The molecule has 1 heterocycles. The van der Waals surface area contributed by atoms with E-state index < -0.39 is 4.92 Å². The number of nitrogens with zero attached hydrogens (tertiary/aromatic N) is 3. The lowest BCUT2D eigenvalue weighted by Gasteiger charge is -2.31. The van der Waals surface area contributed by atoms with E-state index in [9.17, 15) is 14.9 Å². The van der Waals surface area contributed by atoms with Crippen LogP contribution in [0.25, 0.3) is 0 Å². The second-order valence-corrected chi connectivity index (χ2v) is 6.46. The van der Waals surface area contributed by atoms with Crippen molar-refractivity contribution in [2.45, 2.75) is 19.8 Å². The number of carbonyl (C=O) groups excluding carboxylic acids is 1. The number of likely N-dealkylation sites (N-methyl/N-ethyl adjacent to an activating group) is 2. The van der Waals surface area contributed by atoms with E-state index >= 15 is 0 Å². The highest BCUT2D eigenvalue weighted by Gasteiger charge is 2.25. The first kappa shape index (κ1) is 21.2. The van der Waals surface area contributed by atoms with Crippen LogP contribution in [0, 0.1) is 16.0 Å². The predicted molar refractivity (Wildman–Crippen MR) is 102 cm³/mol. The summed E-state index contributed by atoms with van der Waals surface area (Å²) in [6.45, 7) is 5.06. The van der Waals surface area contributed by atoms with Crippen molar-refractivity contribution in [3.8, 4) is 0 Å². The molecule has 7 nitrogen and oxygen atoms in total. The third-order valence-electron chi connectivity index (χ3n) is 4.59. The van der Waals surface area contributed by atoms with Gasteiger partial charge >= 0.3 is 0 Å². The van der Waals surface area contributed by atoms with Gasteiger partial charge in [0.1, 0.15) is 5.69 Å². The van der Waals surface area contributed by atoms with Crippen LogP contribution >= 0.6 is 12.4 Å². The molecule has 8 heteroatoms. The molecule has 0 spiro atoms. The van der Waals surface area contributed by atoms with Gasteiger partial charge in [0.05, 0.1) is 4.92 Å². The SMILES string of the molecule is CNCCN(C)C(=O)c1ccc(N2CCC(C)CC2)c([N+](=O)[O-])c1.Cl. The van der Waals surface area contributed by atoms with Crippen molar-refractivity contribution in [3.05, 3.63) is 33.9 Å². The molecule has 140 valence electrons. The van der Waals surface area contributed by atoms with Crippen LogP contribution in [0.3, 0.4) is 0 Å². The fourth-order valence-corrected chi connectivity index (χ4v) is 2.92. The Morgan fingerprint density at radius 3 is 2.60 bits per heavy atom. The fourth-order valence-electron chi connectivity index (χ4n) is 2.92.